The maximum Gasteiger partial charge on any atom is 0.122 e. The second kappa shape index (κ2) is 7.68. The van der Waals surface area contributed by atoms with Crippen molar-refractivity contribution in [3.63, 3.8) is 0 Å². The van der Waals surface area contributed by atoms with Gasteiger partial charge in [0.15, 0.2) is 0 Å². The number of hydrogen-bond acceptors (Lipinski definition) is 2. The van der Waals surface area contributed by atoms with Crippen molar-refractivity contribution >= 4 is 0 Å². The van der Waals surface area contributed by atoms with E-state index in [2.05, 4.69) is 49.9 Å². The zero-order valence-corrected chi connectivity index (χ0v) is 13.3. The van der Waals surface area contributed by atoms with Crippen LogP contribution in [0.1, 0.15) is 51.5 Å². The highest BCUT2D eigenvalue weighted by Crippen LogP contribution is 2.28. The normalized spacial score (nSPS) is 18.9. The minimum atomic E-state index is 0.571. The van der Waals surface area contributed by atoms with Crippen LogP contribution in [0.3, 0.4) is 0 Å². The molecule has 1 heterocycles. The lowest BCUT2D eigenvalue weighted by atomic mass is 9.98. The first-order valence-corrected chi connectivity index (χ1v) is 8.14. The van der Waals surface area contributed by atoms with E-state index in [-0.39, 0.29) is 0 Å². The van der Waals surface area contributed by atoms with Gasteiger partial charge in [-0.05, 0) is 55.8 Å². The fourth-order valence-corrected chi connectivity index (χ4v) is 2.81. The van der Waals surface area contributed by atoms with Gasteiger partial charge in [-0.15, -0.1) is 0 Å². The third-order valence-corrected chi connectivity index (χ3v) is 4.60. The van der Waals surface area contributed by atoms with E-state index >= 15 is 0 Å². The van der Waals surface area contributed by atoms with Crippen LogP contribution in [0.5, 0.6) is 5.75 Å². The molecule has 0 aromatic heterocycles. The maximum absolute atomic E-state index is 6.05. The summed E-state index contributed by atoms with van der Waals surface area (Å²) in [6, 6.07) is 8.50. The predicted octanol–water partition coefficient (Wildman–Crippen LogP) is 4.31. The van der Waals surface area contributed by atoms with E-state index < -0.39 is 0 Å². The zero-order valence-electron chi connectivity index (χ0n) is 13.3. The topological polar surface area (TPSA) is 12.5 Å². The molecule has 20 heavy (non-hydrogen) atoms. The molecule has 0 bridgehead atoms. The van der Waals surface area contributed by atoms with Gasteiger partial charge in [0.2, 0.25) is 0 Å². The van der Waals surface area contributed by atoms with Crippen LogP contribution in [0.2, 0.25) is 0 Å². The molecule has 2 rings (SSSR count). The number of hydrogen-bond donors (Lipinski definition) is 0. The number of nitrogens with zero attached hydrogens (tertiary/aromatic N) is 1. The standard InChI is InChI=1S/C18H29NO/c1-4-16(3)17-7-5-6-8-18(17)20-14-13-19-11-9-15(2)10-12-19/h5-8,15-16H,4,9-14H2,1-3H3. The lowest BCUT2D eigenvalue weighted by Gasteiger charge is -2.30. The largest absolute Gasteiger partial charge is 0.492 e. The Bertz CT molecular complexity index is 396. The fraction of sp³-hybridized carbons (Fsp3) is 0.667. The Labute approximate surface area is 124 Å². The van der Waals surface area contributed by atoms with E-state index in [9.17, 15) is 0 Å². The molecule has 1 atom stereocenters. The third kappa shape index (κ3) is 4.24. The van der Waals surface area contributed by atoms with Gasteiger partial charge in [-0.3, -0.25) is 4.90 Å². The Morgan fingerprint density at radius 3 is 2.65 bits per heavy atom. The maximum atomic E-state index is 6.05. The van der Waals surface area contributed by atoms with Gasteiger partial charge < -0.3 is 4.74 Å². The van der Waals surface area contributed by atoms with Crippen molar-refractivity contribution in [1.82, 2.24) is 4.90 Å². The summed E-state index contributed by atoms with van der Waals surface area (Å²) in [5.41, 5.74) is 1.35. The van der Waals surface area contributed by atoms with Crippen LogP contribution >= 0.6 is 0 Å². The van der Waals surface area contributed by atoms with E-state index in [1.807, 2.05) is 0 Å². The van der Waals surface area contributed by atoms with Gasteiger partial charge in [-0.1, -0.05) is 39.0 Å². The highest BCUT2D eigenvalue weighted by atomic mass is 16.5. The monoisotopic (exact) mass is 275 g/mol. The summed E-state index contributed by atoms with van der Waals surface area (Å²) in [7, 11) is 0. The quantitative estimate of drug-likeness (QED) is 0.767. The molecule has 2 nitrogen and oxygen atoms in total. The van der Waals surface area contributed by atoms with Crippen LogP contribution in [0.4, 0.5) is 0 Å². The first-order chi connectivity index (χ1) is 9.70. The average Bonchev–Trinajstić information content (AvgIpc) is 2.49. The second-order valence-electron chi connectivity index (χ2n) is 6.22. The number of rotatable bonds is 6. The molecule has 0 amide bonds. The SMILES string of the molecule is CCC(C)c1ccccc1OCCN1CCC(C)CC1. The summed E-state index contributed by atoms with van der Waals surface area (Å²) >= 11 is 0. The first kappa shape index (κ1) is 15.4. The summed E-state index contributed by atoms with van der Waals surface area (Å²) in [4.78, 5) is 2.53. The highest BCUT2D eigenvalue weighted by molar-refractivity contribution is 5.35. The smallest absolute Gasteiger partial charge is 0.122 e. The van der Waals surface area contributed by atoms with Crippen molar-refractivity contribution in [2.75, 3.05) is 26.2 Å². The summed E-state index contributed by atoms with van der Waals surface area (Å²) in [5.74, 6) is 2.55. The van der Waals surface area contributed by atoms with Gasteiger partial charge >= 0.3 is 0 Å². The third-order valence-electron chi connectivity index (χ3n) is 4.60. The molecule has 0 spiro atoms. The van der Waals surface area contributed by atoms with E-state index in [1.54, 1.807) is 0 Å². The molecule has 1 aliphatic heterocycles. The minimum Gasteiger partial charge on any atom is -0.492 e. The molecule has 1 aliphatic rings. The molecular weight excluding hydrogens is 246 g/mol. The molecule has 1 saturated heterocycles. The Morgan fingerprint density at radius 1 is 1.25 bits per heavy atom. The molecule has 0 N–H and O–H groups in total. The van der Waals surface area contributed by atoms with Crippen molar-refractivity contribution in [2.45, 2.75) is 46.0 Å². The number of ether oxygens (including phenoxy) is 1. The zero-order chi connectivity index (χ0) is 14.4. The number of para-hydroxylation sites is 1. The first-order valence-electron chi connectivity index (χ1n) is 8.14. The van der Waals surface area contributed by atoms with Crippen LogP contribution in [0.15, 0.2) is 24.3 Å². The van der Waals surface area contributed by atoms with Gasteiger partial charge in [-0.25, -0.2) is 0 Å². The Balaban J connectivity index is 1.82. The van der Waals surface area contributed by atoms with Gasteiger partial charge in [0.05, 0.1) is 0 Å². The number of benzene rings is 1. The second-order valence-corrected chi connectivity index (χ2v) is 6.22. The number of piperidine rings is 1. The lowest BCUT2D eigenvalue weighted by Crippen LogP contribution is -2.35. The molecule has 1 aromatic rings. The molecule has 0 radical (unpaired) electrons. The summed E-state index contributed by atoms with van der Waals surface area (Å²) in [6.07, 6.45) is 3.83. The molecule has 0 saturated carbocycles. The van der Waals surface area contributed by atoms with Gasteiger partial charge in [0.25, 0.3) is 0 Å². The van der Waals surface area contributed by atoms with E-state index in [4.69, 9.17) is 4.74 Å². The predicted molar refractivity (Wildman–Crippen MR) is 85.5 cm³/mol. The Kier molecular flexibility index (Phi) is 5.90. The summed E-state index contributed by atoms with van der Waals surface area (Å²) < 4.78 is 6.05. The lowest BCUT2D eigenvalue weighted by molar-refractivity contribution is 0.160. The summed E-state index contributed by atoms with van der Waals surface area (Å²) in [6.45, 7) is 11.2. The molecular formula is C18H29NO. The minimum absolute atomic E-state index is 0.571. The molecule has 1 fully saturated rings. The fourth-order valence-electron chi connectivity index (χ4n) is 2.81. The van der Waals surface area contributed by atoms with E-state index in [0.29, 0.717) is 5.92 Å². The molecule has 1 aromatic carbocycles. The Morgan fingerprint density at radius 2 is 1.95 bits per heavy atom. The van der Waals surface area contributed by atoms with Gasteiger partial charge in [0, 0.05) is 6.54 Å². The van der Waals surface area contributed by atoms with Gasteiger partial charge in [0.1, 0.15) is 12.4 Å². The summed E-state index contributed by atoms with van der Waals surface area (Å²) in [5, 5.41) is 0. The number of likely N-dealkylation sites (tertiary alicyclic amines) is 1. The van der Waals surface area contributed by atoms with Crippen molar-refractivity contribution < 1.29 is 4.74 Å². The van der Waals surface area contributed by atoms with Crippen molar-refractivity contribution in [3.8, 4) is 5.75 Å². The van der Waals surface area contributed by atoms with Crippen molar-refractivity contribution in [1.29, 1.82) is 0 Å². The van der Waals surface area contributed by atoms with Crippen LogP contribution < -0.4 is 4.74 Å². The average molecular weight is 275 g/mol. The molecule has 112 valence electrons. The Hall–Kier alpha value is -1.02. The molecule has 2 heteroatoms. The van der Waals surface area contributed by atoms with E-state index in [0.717, 1.165) is 31.2 Å². The van der Waals surface area contributed by atoms with Crippen LogP contribution in [0.25, 0.3) is 0 Å². The van der Waals surface area contributed by atoms with Crippen LogP contribution in [0, 0.1) is 5.92 Å². The molecule has 1 unspecified atom stereocenters. The van der Waals surface area contributed by atoms with E-state index in [1.165, 1.54) is 31.5 Å². The van der Waals surface area contributed by atoms with Crippen LogP contribution in [-0.2, 0) is 0 Å². The highest BCUT2D eigenvalue weighted by Gasteiger charge is 2.15. The molecule has 0 aliphatic carbocycles. The van der Waals surface area contributed by atoms with Gasteiger partial charge in [-0.2, -0.15) is 0 Å². The van der Waals surface area contributed by atoms with Crippen molar-refractivity contribution in [2.24, 2.45) is 5.92 Å². The van der Waals surface area contributed by atoms with Crippen LogP contribution in [-0.4, -0.2) is 31.1 Å². The van der Waals surface area contributed by atoms with Crippen molar-refractivity contribution in [3.05, 3.63) is 29.8 Å².